The molecule has 14 heavy (non-hydrogen) atoms. The van der Waals surface area contributed by atoms with Crippen molar-refractivity contribution in [1.29, 1.82) is 0 Å². The molecule has 78 valence electrons. The lowest BCUT2D eigenvalue weighted by atomic mass is 9.92. The highest BCUT2D eigenvalue weighted by atomic mass is 16.5. The quantitative estimate of drug-likeness (QED) is 0.532. The number of carbonyl (C=O) groups excluding carboxylic acids is 1. The van der Waals surface area contributed by atoms with Crippen molar-refractivity contribution in [1.82, 2.24) is 0 Å². The first-order valence-electron chi connectivity index (χ1n) is 5.27. The van der Waals surface area contributed by atoms with E-state index in [1.54, 1.807) is 6.08 Å². The van der Waals surface area contributed by atoms with E-state index in [1.165, 1.54) is 0 Å². The number of allylic oxidation sites excluding steroid dienone is 1. The molecule has 2 aliphatic rings. The molecule has 0 unspecified atom stereocenters. The van der Waals surface area contributed by atoms with Gasteiger partial charge in [-0.25, -0.2) is 0 Å². The third-order valence-corrected chi connectivity index (χ3v) is 3.33. The van der Waals surface area contributed by atoms with Gasteiger partial charge in [0.2, 0.25) is 0 Å². The van der Waals surface area contributed by atoms with Crippen LogP contribution >= 0.6 is 0 Å². The number of esters is 1. The predicted octanol–water partition coefficient (Wildman–Crippen LogP) is 1.12. The van der Waals surface area contributed by atoms with E-state index in [-0.39, 0.29) is 29.8 Å². The molecule has 0 spiro atoms. The summed E-state index contributed by atoms with van der Waals surface area (Å²) in [4.78, 5) is 11.6. The summed E-state index contributed by atoms with van der Waals surface area (Å²) in [7, 11) is 0. The standard InChI is InChI=1S/C11H16O3/c1-2-14-11(13)9-4-3-8-7(9)5-6-10(8)12/h5-10,12H,2-4H2,1H3/t7-,8-,9-,10+/m0/s1. The average molecular weight is 196 g/mol. The van der Waals surface area contributed by atoms with Gasteiger partial charge in [-0.15, -0.1) is 0 Å². The van der Waals surface area contributed by atoms with Crippen LogP contribution in [0.2, 0.25) is 0 Å². The van der Waals surface area contributed by atoms with Gasteiger partial charge in [0.05, 0.1) is 18.6 Å². The van der Waals surface area contributed by atoms with Gasteiger partial charge in [0.25, 0.3) is 0 Å². The van der Waals surface area contributed by atoms with Crippen LogP contribution in [0.4, 0.5) is 0 Å². The molecule has 0 radical (unpaired) electrons. The number of carbonyl (C=O) groups is 1. The Bertz CT molecular complexity index is 259. The maximum Gasteiger partial charge on any atom is 0.309 e. The zero-order valence-corrected chi connectivity index (χ0v) is 8.35. The monoisotopic (exact) mass is 196 g/mol. The van der Waals surface area contributed by atoms with E-state index in [2.05, 4.69) is 0 Å². The van der Waals surface area contributed by atoms with Crippen molar-refractivity contribution < 1.29 is 14.6 Å². The van der Waals surface area contributed by atoms with Gasteiger partial charge in [-0.2, -0.15) is 0 Å². The van der Waals surface area contributed by atoms with E-state index in [0.717, 1.165) is 12.8 Å². The third kappa shape index (κ3) is 1.46. The first-order valence-corrected chi connectivity index (χ1v) is 5.27. The summed E-state index contributed by atoms with van der Waals surface area (Å²) < 4.78 is 5.01. The molecule has 0 heterocycles. The molecule has 2 rings (SSSR count). The van der Waals surface area contributed by atoms with Crippen LogP contribution in [0.25, 0.3) is 0 Å². The van der Waals surface area contributed by atoms with Crippen LogP contribution in [0, 0.1) is 17.8 Å². The molecule has 0 bridgehead atoms. The van der Waals surface area contributed by atoms with Gasteiger partial charge >= 0.3 is 5.97 Å². The van der Waals surface area contributed by atoms with E-state index in [0.29, 0.717) is 6.61 Å². The van der Waals surface area contributed by atoms with E-state index in [9.17, 15) is 9.90 Å². The number of aliphatic hydroxyl groups excluding tert-OH is 1. The second-order valence-electron chi connectivity index (χ2n) is 4.05. The Morgan fingerprint density at radius 2 is 2.29 bits per heavy atom. The van der Waals surface area contributed by atoms with Crippen LogP contribution in [0.15, 0.2) is 12.2 Å². The minimum Gasteiger partial charge on any atom is -0.466 e. The fraction of sp³-hybridized carbons (Fsp3) is 0.727. The molecular formula is C11H16O3. The van der Waals surface area contributed by atoms with E-state index in [1.807, 2.05) is 13.0 Å². The lowest BCUT2D eigenvalue weighted by Crippen LogP contribution is -2.24. The number of hydrogen-bond acceptors (Lipinski definition) is 3. The fourth-order valence-electron chi connectivity index (χ4n) is 2.64. The molecule has 3 nitrogen and oxygen atoms in total. The van der Waals surface area contributed by atoms with Crippen LogP contribution in [0.3, 0.4) is 0 Å². The summed E-state index contributed by atoms with van der Waals surface area (Å²) in [6.07, 6.45) is 5.22. The number of hydrogen-bond donors (Lipinski definition) is 1. The number of aliphatic hydroxyl groups is 1. The Labute approximate surface area is 83.8 Å². The average Bonchev–Trinajstić information content (AvgIpc) is 2.69. The minimum absolute atomic E-state index is 0.0200. The molecule has 0 amide bonds. The molecule has 4 atom stereocenters. The zero-order chi connectivity index (χ0) is 10.1. The molecule has 3 heteroatoms. The van der Waals surface area contributed by atoms with Crippen molar-refractivity contribution in [3.63, 3.8) is 0 Å². The Hall–Kier alpha value is -0.830. The van der Waals surface area contributed by atoms with Crippen molar-refractivity contribution in [2.45, 2.75) is 25.9 Å². The topological polar surface area (TPSA) is 46.5 Å². The number of rotatable bonds is 2. The zero-order valence-electron chi connectivity index (χ0n) is 8.35. The van der Waals surface area contributed by atoms with Crippen LogP contribution < -0.4 is 0 Å². The predicted molar refractivity (Wildman–Crippen MR) is 51.5 cm³/mol. The summed E-state index contributed by atoms with van der Waals surface area (Å²) in [5.41, 5.74) is 0. The Morgan fingerprint density at radius 1 is 1.50 bits per heavy atom. The Balaban J connectivity index is 2.03. The lowest BCUT2D eigenvalue weighted by Gasteiger charge is -2.17. The van der Waals surface area contributed by atoms with Gasteiger partial charge in [-0.05, 0) is 31.6 Å². The Kier molecular flexibility index (Phi) is 2.59. The molecular weight excluding hydrogens is 180 g/mol. The fourth-order valence-corrected chi connectivity index (χ4v) is 2.64. The second kappa shape index (κ2) is 3.73. The van der Waals surface area contributed by atoms with E-state index in [4.69, 9.17) is 4.74 Å². The summed E-state index contributed by atoms with van der Waals surface area (Å²) in [5.74, 6) is 0.348. The van der Waals surface area contributed by atoms with Crippen molar-refractivity contribution in [2.75, 3.05) is 6.61 Å². The van der Waals surface area contributed by atoms with Gasteiger partial charge in [0, 0.05) is 0 Å². The lowest BCUT2D eigenvalue weighted by molar-refractivity contribution is -0.148. The summed E-state index contributed by atoms with van der Waals surface area (Å²) in [6, 6.07) is 0. The molecule has 2 aliphatic carbocycles. The van der Waals surface area contributed by atoms with E-state index < -0.39 is 0 Å². The Morgan fingerprint density at radius 3 is 3.00 bits per heavy atom. The highest BCUT2D eigenvalue weighted by molar-refractivity contribution is 5.73. The molecule has 0 aliphatic heterocycles. The first kappa shape index (κ1) is 9.71. The van der Waals surface area contributed by atoms with Gasteiger partial charge in [0.15, 0.2) is 0 Å². The van der Waals surface area contributed by atoms with Crippen LogP contribution in [-0.2, 0) is 9.53 Å². The smallest absolute Gasteiger partial charge is 0.309 e. The van der Waals surface area contributed by atoms with Gasteiger partial charge in [-0.3, -0.25) is 4.79 Å². The maximum absolute atomic E-state index is 11.6. The van der Waals surface area contributed by atoms with Gasteiger partial charge in [0.1, 0.15) is 0 Å². The third-order valence-electron chi connectivity index (χ3n) is 3.33. The largest absolute Gasteiger partial charge is 0.466 e. The molecule has 0 saturated heterocycles. The maximum atomic E-state index is 11.6. The van der Waals surface area contributed by atoms with Crippen LogP contribution in [0.5, 0.6) is 0 Å². The highest BCUT2D eigenvalue weighted by Crippen LogP contribution is 2.44. The van der Waals surface area contributed by atoms with Crippen LogP contribution in [-0.4, -0.2) is 23.8 Å². The van der Waals surface area contributed by atoms with E-state index >= 15 is 0 Å². The summed E-state index contributed by atoms with van der Waals surface area (Å²) >= 11 is 0. The summed E-state index contributed by atoms with van der Waals surface area (Å²) in [5, 5.41) is 9.59. The van der Waals surface area contributed by atoms with Crippen molar-refractivity contribution in [3.05, 3.63) is 12.2 Å². The minimum atomic E-state index is -0.348. The molecule has 1 N–H and O–H groups in total. The van der Waals surface area contributed by atoms with Gasteiger partial charge < -0.3 is 9.84 Å². The number of ether oxygens (including phenoxy) is 1. The molecule has 0 aromatic heterocycles. The van der Waals surface area contributed by atoms with Crippen LogP contribution in [0.1, 0.15) is 19.8 Å². The normalized spacial score (nSPS) is 39.9. The highest BCUT2D eigenvalue weighted by Gasteiger charge is 2.44. The first-order chi connectivity index (χ1) is 6.74. The summed E-state index contributed by atoms with van der Waals surface area (Å²) in [6.45, 7) is 2.27. The SMILES string of the molecule is CCOC(=O)[C@H]1CC[C@H]2[C@@H]1C=C[C@H]2O. The molecule has 1 saturated carbocycles. The molecule has 1 fully saturated rings. The van der Waals surface area contributed by atoms with Crippen molar-refractivity contribution in [3.8, 4) is 0 Å². The molecule has 0 aromatic carbocycles. The molecule has 0 aromatic rings. The van der Waals surface area contributed by atoms with Gasteiger partial charge in [-0.1, -0.05) is 12.2 Å². The van der Waals surface area contributed by atoms with Crippen molar-refractivity contribution in [2.24, 2.45) is 17.8 Å². The number of fused-ring (bicyclic) bond motifs is 1. The second-order valence-corrected chi connectivity index (χ2v) is 4.05. The van der Waals surface area contributed by atoms with Crippen molar-refractivity contribution >= 4 is 5.97 Å².